The molecule has 6 heteroatoms. The van der Waals surface area contributed by atoms with Crippen LogP contribution >= 0.6 is 0 Å². The molecule has 2 rings (SSSR count). The largest absolute Gasteiger partial charge is 0.324 e. The van der Waals surface area contributed by atoms with E-state index in [1.807, 2.05) is 0 Å². The van der Waals surface area contributed by atoms with Gasteiger partial charge < -0.3 is 5.73 Å². The lowest BCUT2D eigenvalue weighted by atomic mass is 9.92. The van der Waals surface area contributed by atoms with Crippen molar-refractivity contribution >= 4 is 9.84 Å². The molecule has 0 radical (unpaired) electrons. The zero-order valence-electron chi connectivity index (χ0n) is 9.99. The van der Waals surface area contributed by atoms with Crippen molar-refractivity contribution in [1.29, 1.82) is 0 Å². The number of sulfone groups is 1. The molecule has 1 aliphatic heterocycles. The Labute approximate surface area is 105 Å². The summed E-state index contributed by atoms with van der Waals surface area (Å²) < 4.78 is 49.9. The van der Waals surface area contributed by atoms with Crippen LogP contribution in [0.5, 0.6) is 0 Å². The molecular formula is C12H15F2NO2S. The fraction of sp³-hybridized carbons (Fsp3) is 0.500. The average molecular weight is 275 g/mol. The Hall–Kier alpha value is -1.01. The van der Waals surface area contributed by atoms with Gasteiger partial charge in [-0.2, -0.15) is 0 Å². The van der Waals surface area contributed by atoms with Gasteiger partial charge in [0.2, 0.25) is 0 Å². The number of benzene rings is 1. The monoisotopic (exact) mass is 275 g/mol. The molecule has 18 heavy (non-hydrogen) atoms. The zero-order valence-corrected chi connectivity index (χ0v) is 10.8. The van der Waals surface area contributed by atoms with Crippen molar-refractivity contribution in [2.24, 2.45) is 11.7 Å². The Morgan fingerprint density at radius 1 is 1.33 bits per heavy atom. The van der Waals surface area contributed by atoms with Gasteiger partial charge in [-0.25, -0.2) is 17.2 Å². The van der Waals surface area contributed by atoms with E-state index in [0.29, 0.717) is 6.42 Å². The van der Waals surface area contributed by atoms with E-state index in [1.54, 1.807) is 0 Å². The number of nitrogens with two attached hydrogens (primary N) is 1. The Kier molecular flexibility index (Phi) is 3.42. The molecule has 0 aromatic heterocycles. The Balaban J connectivity index is 2.30. The lowest BCUT2D eigenvalue weighted by molar-refractivity contribution is 0.454. The van der Waals surface area contributed by atoms with Gasteiger partial charge in [-0.15, -0.1) is 0 Å². The third kappa shape index (κ3) is 2.54. The fourth-order valence-electron chi connectivity index (χ4n) is 2.28. The van der Waals surface area contributed by atoms with Crippen LogP contribution < -0.4 is 5.73 Å². The summed E-state index contributed by atoms with van der Waals surface area (Å²) in [5.41, 5.74) is 6.14. The van der Waals surface area contributed by atoms with Crippen molar-refractivity contribution in [2.75, 3.05) is 11.5 Å². The second-order valence-corrected chi connectivity index (χ2v) is 7.04. The second kappa shape index (κ2) is 4.59. The molecule has 0 amide bonds. The van der Waals surface area contributed by atoms with E-state index in [-0.39, 0.29) is 28.6 Å². The first-order chi connectivity index (χ1) is 8.30. The van der Waals surface area contributed by atoms with Crippen molar-refractivity contribution in [3.8, 4) is 0 Å². The van der Waals surface area contributed by atoms with Crippen LogP contribution in [0.3, 0.4) is 0 Å². The molecule has 1 aromatic rings. The summed E-state index contributed by atoms with van der Waals surface area (Å²) in [5.74, 6) is -1.43. The number of rotatable bonds is 2. The van der Waals surface area contributed by atoms with Gasteiger partial charge in [0.05, 0.1) is 11.5 Å². The number of halogens is 2. The van der Waals surface area contributed by atoms with E-state index >= 15 is 0 Å². The van der Waals surface area contributed by atoms with Gasteiger partial charge in [0.1, 0.15) is 11.6 Å². The van der Waals surface area contributed by atoms with Crippen LogP contribution in [-0.2, 0) is 9.84 Å². The molecule has 1 aliphatic rings. The first kappa shape index (κ1) is 13.4. The number of hydrogen-bond donors (Lipinski definition) is 1. The van der Waals surface area contributed by atoms with Crippen LogP contribution in [0.4, 0.5) is 8.78 Å². The molecule has 0 bridgehead atoms. The highest BCUT2D eigenvalue weighted by atomic mass is 32.2. The normalized spacial score (nSPS) is 24.1. The average Bonchev–Trinajstić information content (AvgIpc) is 2.63. The van der Waals surface area contributed by atoms with Gasteiger partial charge in [0.15, 0.2) is 9.84 Å². The molecular weight excluding hydrogens is 260 g/mol. The summed E-state index contributed by atoms with van der Waals surface area (Å²) in [6, 6.07) is 1.38. The fourth-order valence-corrected chi connectivity index (χ4v) is 4.13. The molecule has 2 unspecified atom stereocenters. The Morgan fingerprint density at radius 2 is 2.00 bits per heavy atom. The maximum Gasteiger partial charge on any atom is 0.150 e. The van der Waals surface area contributed by atoms with Crippen molar-refractivity contribution in [1.82, 2.24) is 0 Å². The predicted molar refractivity (Wildman–Crippen MR) is 64.8 cm³/mol. The number of hydrogen-bond acceptors (Lipinski definition) is 3. The van der Waals surface area contributed by atoms with Gasteiger partial charge >= 0.3 is 0 Å². The van der Waals surface area contributed by atoms with Crippen molar-refractivity contribution < 1.29 is 17.2 Å². The minimum absolute atomic E-state index is 0.0525. The second-order valence-electron chi connectivity index (χ2n) is 4.81. The van der Waals surface area contributed by atoms with Gasteiger partial charge in [-0.3, -0.25) is 0 Å². The van der Waals surface area contributed by atoms with Crippen LogP contribution in [0.25, 0.3) is 0 Å². The summed E-state index contributed by atoms with van der Waals surface area (Å²) in [4.78, 5) is 0. The van der Waals surface area contributed by atoms with Crippen LogP contribution in [-0.4, -0.2) is 19.9 Å². The highest BCUT2D eigenvalue weighted by Gasteiger charge is 2.33. The maximum atomic E-state index is 13.7. The van der Waals surface area contributed by atoms with Gasteiger partial charge in [-0.05, 0) is 37.0 Å². The summed E-state index contributed by atoms with van der Waals surface area (Å²) in [6.07, 6.45) is 0.401. The topological polar surface area (TPSA) is 60.2 Å². The minimum atomic E-state index is -3.08. The SMILES string of the molecule is Cc1cc(F)c(C(N)C2CCS(=O)(=O)C2)cc1F. The van der Waals surface area contributed by atoms with E-state index in [1.165, 1.54) is 6.92 Å². The molecule has 3 nitrogen and oxygen atoms in total. The Morgan fingerprint density at radius 3 is 2.56 bits per heavy atom. The number of aryl methyl sites for hydroxylation is 1. The van der Waals surface area contributed by atoms with E-state index in [9.17, 15) is 17.2 Å². The molecule has 1 heterocycles. The molecule has 1 saturated heterocycles. The molecule has 2 N–H and O–H groups in total. The minimum Gasteiger partial charge on any atom is -0.324 e. The first-order valence-corrected chi connectivity index (χ1v) is 7.54. The quantitative estimate of drug-likeness (QED) is 0.893. The summed E-state index contributed by atoms with van der Waals surface area (Å²) in [5, 5.41) is 0. The zero-order chi connectivity index (χ0) is 13.5. The maximum absolute atomic E-state index is 13.7. The third-order valence-corrected chi connectivity index (χ3v) is 5.21. The Bertz CT molecular complexity index is 572. The van der Waals surface area contributed by atoms with Crippen LogP contribution in [0.1, 0.15) is 23.6 Å². The summed E-state index contributed by atoms with van der Waals surface area (Å²) in [7, 11) is -3.08. The van der Waals surface area contributed by atoms with E-state index in [4.69, 9.17) is 5.73 Å². The van der Waals surface area contributed by atoms with E-state index in [2.05, 4.69) is 0 Å². The molecule has 100 valence electrons. The van der Waals surface area contributed by atoms with Crippen molar-refractivity contribution in [2.45, 2.75) is 19.4 Å². The van der Waals surface area contributed by atoms with Gasteiger partial charge in [0.25, 0.3) is 0 Å². The third-order valence-electron chi connectivity index (χ3n) is 3.41. The predicted octanol–water partition coefficient (Wildman–Crippen LogP) is 1.71. The first-order valence-electron chi connectivity index (χ1n) is 5.72. The molecule has 0 spiro atoms. The highest BCUT2D eigenvalue weighted by molar-refractivity contribution is 7.91. The van der Waals surface area contributed by atoms with Crippen molar-refractivity contribution in [3.05, 3.63) is 34.9 Å². The van der Waals surface area contributed by atoms with Gasteiger partial charge in [0, 0.05) is 11.6 Å². The van der Waals surface area contributed by atoms with Crippen LogP contribution in [0.2, 0.25) is 0 Å². The standard InChI is InChI=1S/C12H15F2NO2S/c1-7-4-11(14)9(5-10(7)13)12(15)8-2-3-18(16,17)6-8/h4-5,8,12H,2-3,6,15H2,1H3. The molecule has 0 saturated carbocycles. The smallest absolute Gasteiger partial charge is 0.150 e. The van der Waals surface area contributed by atoms with Crippen molar-refractivity contribution in [3.63, 3.8) is 0 Å². The summed E-state index contributed by atoms with van der Waals surface area (Å²) >= 11 is 0. The molecule has 2 atom stereocenters. The lowest BCUT2D eigenvalue weighted by Gasteiger charge is -2.19. The van der Waals surface area contributed by atoms with Gasteiger partial charge in [-0.1, -0.05) is 0 Å². The summed E-state index contributed by atoms with van der Waals surface area (Å²) in [6.45, 7) is 1.47. The highest BCUT2D eigenvalue weighted by Crippen LogP contribution is 2.31. The molecule has 0 aliphatic carbocycles. The van der Waals surface area contributed by atoms with Crippen LogP contribution in [0, 0.1) is 24.5 Å². The molecule has 1 aromatic carbocycles. The van der Waals surface area contributed by atoms with E-state index in [0.717, 1.165) is 12.1 Å². The van der Waals surface area contributed by atoms with Crippen LogP contribution in [0.15, 0.2) is 12.1 Å². The van der Waals surface area contributed by atoms with E-state index < -0.39 is 27.5 Å². The lowest BCUT2D eigenvalue weighted by Crippen LogP contribution is -2.23. The molecule has 1 fully saturated rings.